The summed E-state index contributed by atoms with van der Waals surface area (Å²) < 4.78 is 24.4. The highest BCUT2D eigenvalue weighted by molar-refractivity contribution is 7.88. The summed E-state index contributed by atoms with van der Waals surface area (Å²) in [5.74, 6) is 0. The summed E-state index contributed by atoms with van der Waals surface area (Å²) in [6, 6.07) is 6.89. The van der Waals surface area contributed by atoms with Gasteiger partial charge in [0.1, 0.15) is 0 Å². The van der Waals surface area contributed by atoms with Gasteiger partial charge < -0.3 is 5.73 Å². The van der Waals surface area contributed by atoms with E-state index in [1.165, 1.54) is 0 Å². The van der Waals surface area contributed by atoms with Crippen molar-refractivity contribution in [2.75, 3.05) is 12.0 Å². The molecule has 0 aromatic heterocycles. The van der Waals surface area contributed by atoms with E-state index in [0.717, 1.165) is 11.8 Å². The van der Waals surface area contributed by atoms with E-state index < -0.39 is 10.0 Å². The van der Waals surface area contributed by atoms with Crippen LogP contribution in [0.25, 0.3) is 0 Å². The van der Waals surface area contributed by atoms with Gasteiger partial charge in [0, 0.05) is 11.7 Å². The largest absolute Gasteiger partial charge is 0.398 e. The normalized spacial score (nSPS) is 13.9. The summed E-state index contributed by atoms with van der Waals surface area (Å²) in [7, 11) is -3.19. The van der Waals surface area contributed by atoms with Crippen LogP contribution in [0.2, 0.25) is 0 Å². The van der Waals surface area contributed by atoms with E-state index in [2.05, 4.69) is 4.72 Å². The Labute approximate surface area is 84.2 Å². The molecule has 3 N–H and O–H groups in total. The lowest BCUT2D eigenvalue weighted by molar-refractivity contribution is 0.573. The Bertz CT molecular complexity index is 415. The van der Waals surface area contributed by atoms with Crippen molar-refractivity contribution in [2.24, 2.45) is 0 Å². The second-order valence-electron chi connectivity index (χ2n) is 3.24. The Hall–Kier alpha value is -1.07. The zero-order chi connectivity index (χ0) is 10.8. The molecule has 78 valence electrons. The van der Waals surface area contributed by atoms with E-state index in [1.807, 2.05) is 12.1 Å². The number of anilines is 1. The van der Waals surface area contributed by atoms with Gasteiger partial charge in [-0.15, -0.1) is 0 Å². The Morgan fingerprint density at radius 3 is 2.43 bits per heavy atom. The Morgan fingerprint density at radius 1 is 1.36 bits per heavy atom. The SMILES string of the molecule is CC(NS(C)(=O)=O)c1ccccc1N. The molecule has 1 unspecified atom stereocenters. The average Bonchev–Trinajstić information content (AvgIpc) is 2.01. The molecule has 0 saturated heterocycles. The van der Waals surface area contributed by atoms with E-state index in [1.54, 1.807) is 19.1 Å². The number of nitrogens with two attached hydrogens (primary N) is 1. The highest BCUT2D eigenvalue weighted by Crippen LogP contribution is 2.19. The molecule has 0 saturated carbocycles. The van der Waals surface area contributed by atoms with Crippen LogP contribution >= 0.6 is 0 Å². The first-order valence-electron chi connectivity index (χ1n) is 4.22. The van der Waals surface area contributed by atoms with Crippen LogP contribution in [-0.2, 0) is 10.0 Å². The summed E-state index contributed by atoms with van der Waals surface area (Å²) in [5, 5.41) is 0. The summed E-state index contributed by atoms with van der Waals surface area (Å²) in [6.07, 6.45) is 1.13. The number of para-hydroxylation sites is 1. The van der Waals surface area contributed by atoms with Crippen LogP contribution in [0.5, 0.6) is 0 Å². The van der Waals surface area contributed by atoms with E-state index in [9.17, 15) is 8.42 Å². The lowest BCUT2D eigenvalue weighted by atomic mass is 10.1. The Balaban J connectivity index is 2.90. The van der Waals surface area contributed by atoms with Gasteiger partial charge in [-0.1, -0.05) is 18.2 Å². The average molecular weight is 214 g/mol. The first-order chi connectivity index (χ1) is 6.40. The molecule has 1 atom stereocenters. The Kier molecular flexibility index (Phi) is 3.13. The Morgan fingerprint density at radius 2 is 1.93 bits per heavy atom. The molecule has 0 aliphatic rings. The maximum atomic E-state index is 11.0. The first-order valence-corrected chi connectivity index (χ1v) is 6.11. The molecule has 0 amide bonds. The molecule has 5 heteroatoms. The topological polar surface area (TPSA) is 72.2 Å². The molecule has 0 aliphatic carbocycles. The molecule has 0 aliphatic heterocycles. The molecule has 0 radical (unpaired) electrons. The molecule has 4 nitrogen and oxygen atoms in total. The predicted octanol–water partition coefficient (Wildman–Crippen LogP) is 0.879. The first kappa shape index (κ1) is 11.0. The van der Waals surface area contributed by atoms with E-state index in [-0.39, 0.29) is 6.04 Å². The van der Waals surface area contributed by atoms with Gasteiger partial charge in [0.15, 0.2) is 0 Å². The highest BCUT2D eigenvalue weighted by atomic mass is 32.2. The van der Waals surface area contributed by atoms with Gasteiger partial charge in [-0.05, 0) is 18.6 Å². The van der Waals surface area contributed by atoms with Gasteiger partial charge in [-0.3, -0.25) is 0 Å². The molecule has 14 heavy (non-hydrogen) atoms. The van der Waals surface area contributed by atoms with Crippen LogP contribution in [0.15, 0.2) is 24.3 Å². The van der Waals surface area contributed by atoms with Crippen molar-refractivity contribution in [3.63, 3.8) is 0 Å². The third kappa shape index (κ3) is 3.01. The lowest BCUT2D eigenvalue weighted by Gasteiger charge is -2.14. The van der Waals surface area contributed by atoms with Gasteiger partial charge in [-0.25, -0.2) is 13.1 Å². The summed E-state index contributed by atoms with van der Waals surface area (Å²) in [6.45, 7) is 1.76. The van der Waals surface area contributed by atoms with Gasteiger partial charge >= 0.3 is 0 Å². The molecule has 1 aromatic carbocycles. The standard InChI is InChI=1S/C9H14N2O2S/c1-7(11-14(2,12)13)8-5-3-4-6-9(8)10/h3-7,11H,10H2,1-2H3. The van der Waals surface area contributed by atoms with Crippen LogP contribution in [0.1, 0.15) is 18.5 Å². The minimum Gasteiger partial charge on any atom is -0.398 e. The van der Waals surface area contributed by atoms with Crippen LogP contribution in [0.3, 0.4) is 0 Å². The maximum absolute atomic E-state index is 11.0. The summed E-state index contributed by atoms with van der Waals surface area (Å²) >= 11 is 0. The summed E-state index contributed by atoms with van der Waals surface area (Å²) in [5.41, 5.74) is 7.09. The molecular weight excluding hydrogens is 200 g/mol. The molecule has 0 fully saturated rings. The van der Waals surface area contributed by atoms with Crippen LogP contribution in [0, 0.1) is 0 Å². The van der Waals surface area contributed by atoms with E-state index in [0.29, 0.717) is 5.69 Å². The number of hydrogen-bond donors (Lipinski definition) is 2. The van der Waals surface area contributed by atoms with Crippen molar-refractivity contribution in [1.82, 2.24) is 4.72 Å². The number of sulfonamides is 1. The minimum atomic E-state index is -3.19. The zero-order valence-electron chi connectivity index (χ0n) is 8.19. The van der Waals surface area contributed by atoms with Crippen LogP contribution in [-0.4, -0.2) is 14.7 Å². The monoisotopic (exact) mass is 214 g/mol. The number of benzene rings is 1. The van der Waals surface area contributed by atoms with Crippen molar-refractivity contribution in [3.8, 4) is 0 Å². The number of nitrogens with one attached hydrogen (secondary N) is 1. The fourth-order valence-electron chi connectivity index (χ4n) is 1.29. The third-order valence-electron chi connectivity index (χ3n) is 1.85. The number of hydrogen-bond acceptors (Lipinski definition) is 3. The highest BCUT2D eigenvalue weighted by Gasteiger charge is 2.12. The van der Waals surface area contributed by atoms with Crippen LogP contribution in [0.4, 0.5) is 5.69 Å². The van der Waals surface area contributed by atoms with Gasteiger partial charge in [0.2, 0.25) is 10.0 Å². The van der Waals surface area contributed by atoms with Crippen molar-refractivity contribution < 1.29 is 8.42 Å². The molecule has 1 aromatic rings. The van der Waals surface area contributed by atoms with Gasteiger partial charge in [0.05, 0.1) is 6.26 Å². The second kappa shape index (κ2) is 3.98. The minimum absolute atomic E-state index is 0.300. The zero-order valence-corrected chi connectivity index (χ0v) is 9.01. The fraction of sp³-hybridized carbons (Fsp3) is 0.333. The molecule has 0 spiro atoms. The fourth-order valence-corrected chi connectivity index (χ4v) is 2.06. The predicted molar refractivity (Wildman–Crippen MR) is 57.2 cm³/mol. The smallest absolute Gasteiger partial charge is 0.209 e. The molecule has 0 heterocycles. The molecule has 1 rings (SSSR count). The molecule has 0 bridgehead atoms. The van der Waals surface area contributed by atoms with Crippen molar-refractivity contribution in [3.05, 3.63) is 29.8 Å². The van der Waals surface area contributed by atoms with Crippen molar-refractivity contribution >= 4 is 15.7 Å². The lowest BCUT2D eigenvalue weighted by Crippen LogP contribution is -2.25. The van der Waals surface area contributed by atoms with Gasteiger partial charge in [-0.2, -0.15) is 0 Å². The van der Waals surface area contributed by atoms with E-state index >= 15 is 0 Å². The van der Waals surface area contributed by atoms with Crippen molar-refractivity contribution in [1.29, 1.82) is 0 Å². The number of rotatable bonds is 3. The van der Waals surface area contributed by atoms with Gasteiger partial charge in [0.25, 0.3) is 0 Å². The third-order valence-corrected chi connectivity index (χ3v) is 2.64. The maximum Gasteiger partial charge on any atom is 0.209 e. The van der Waals surface area contributed by atoms with E-state index in [4.69, 9.17) is 5.73 Å². The summed E-state index contributed by atoms with van der Waals surface area (Å²) in [4.78, 5) is 0. The second-order valence-corrected chi connectivity index (χ2v) is 5.02. The molecular formula is C9H14N2O2S. The number of nitrogen functional groups attached to an aromatic ring is 1. The van der Waals surface area contributed by atoms with Crippen molar-refractivity contribution in [2.45, 2.75) is 13.0 Å². The quantitative estimate of drug-likeness (QED) is 0.734. The van der Waals surface area contributed by atoms with Crippen LogP contribution < -0.4 is 10.5 Å².